The monoisotopic (exact) mass is 410 g/mol. The topological polar surface area (TPSA) is 75.7 Å². The molecule has 0 aliphatic carbocycles. The second-order valence-corrected chi connectivity index (χ2v) is 8.14. The third-order valence-electron chi connectivity index (χ3n) is 4.19. The van der Waals surface area contributed by atoms with Gasteiger partial charge in [0, 0.05) is 6.54 Å². The molecule has 0 bridgehead atoms. The average molecular weight is 410 g/mol. The van der Waals surface area contributed by atoms with Crippen molar-refractivity contribution in [2.24, 2.45) is 0 Å². The first-order valence-electron chi connectivity index (χ1n) is 9.17. The number of para-hydroxylation sites is 3. The number of ether oxygens (including phenoxy) is 1. The summed E-state index contributed by atoms with van der Waals surface area (Å²) >= 11 is 0. The van der Waals surface area contributed by atoms with E-state index in [4.69, 9.17) is 4.74 Å². The van der Waals surface area contributed by atoms with Crippen molar-refractivity contribution in [3.63, 3.8) is 0 Å². The SMILES string of the molecule is CCN(CC(=O)Nc1ccccc1Oc1ccccc1)S(=O)(=O)c1ccccc1. The van der Waals surface area contributed by atoms with Crippen molar-refractivity contribution in [3.8, 4) is 11.5 Å². The highest BCUT2D eigenvalue weighted by molar-refractivity contribution is 7.89. The standard InChI is InChI=1S/C22H22N2O4S/c1-2-24(29(26,27)19-13-7-4-8-14-19)17-22(25)23-20-15-9-10-16-21(20)28-18-11-5-3-6-12-18/h3-16H,2,17H2,1H3,(H,23,25). The summed E-state index contributed by atoms with van der Waals surface area (Å²) < 4.78 is 32.5. The van der Waals surface area contributed by atoms with Crippen LogP contribution in [0.5, 0.6) is 11.5 Å². The van der Waals surface area contributed by atoms with Gasteiger partial charge in [0.05, 0.1) is 17.1 Å². The van der Waals surface area contributed by atoms with E-state index >= 15 is 0 Å². The van der Waals surface area contributed by atoms with Gasteiger partial charge in [0.2, 0.25) is 15.9 Å². The van der Waals surface area contributed by atoms with Gasteiger partial charge in [-0.15, -0.1) is 0 Å². The molecule has 0 heterocycles. The van der Waals surface area contributed by atoms with Crippen LogP contribution >= 0.6 is 0 Å². The zero-order valence-corrected chi connectivity index (χ0v) is 16.8. The quantitative estimate of drug-likeness (QED) is 0.606. The van der Waals surface area contributed by atoms with Crippen LogP contribution in [0, 0.1) is 0 Å². The smallest absolute Gasteiger partial charge is 0.243 e. The Balaban J connectivity index is 1.73. The summed E-state index contributed by atoms with van der Waals surface area (Å²) in [5.74, 6) is 0.660. The second-order valence-electron chi connectivity index (χ2n) is 6.20. The fraction of sp³-hybridized carbons (Fsp3) is 0.136. The van der Waals surface area contributed by atoms with Crippen molar-refractivity contribution in [3.05, 3.63) is 84.9 Å². The predicted octanol–water partition coefficient (Wildman–Crippen LogP) is 4.13. The second kappa shape index (κ2) is 9.36. The molecule has 7 heteroatoms. The highest BCUT2D eigenvalue weighted by Gasteiger charge is 2.25. The Morgan fingerprint density at radius 3 is 2.14 bits per heavy atom. The van der Waals surface area contributed by atoms with E-state index in [1.165, 1.54) is 12.1 Å². The number of nitrogens with one attached hydrogen (secondary N) is 1. The number of carbonyl (C=O) groups excluding carboxylic acids is 1. The van der Waals surface area contributed by atoms with Gasteiger partial charge in [0.15, 0.2) is 5.75 Å². The van der Waals surface area contributed by atoms with E-state index in [0.29, 0.717) is 17.2 Å². The van der Waals surface area contributed by atoms with Gasteiger partial charge in [0.1, 0.15) is 5.75 Å². The molecule has 0 saturated carbocycles. The van der Waals surface area contributed by atoms with E-state index in [0.717, 1.165) is 4.31 Å². The number of amides is 1. The molecule has 0 aromatic heterocycles. The van der Waals surface area contributed by atoms with E-state index in [9.17, 15) is 13.2 Å². The van der Waals surface area contributed by atoms with Crippen LogP contribution in [0.2, 0.25) is 0 Å². The lowest BCUT2D eigenvalue weighted by Gasteiger charge is -2.20. The van der Waals surface area contributed by atoms with E-state index in [-0.39, 0.29) is 18.0 Å². The van der Waals surface area contributed by atoms with Gasteiger partial charge >= 0.3 is 0 Å². The number of rotatable bonds is 8. The fourth-order valence-corrected chi connectivity index (χ4v) is 4.16. The van der Waals surface area contributed by atoms with E-state index < -0.39 is 15.9 Å². The Morgan fingerprint density at radius 1 is 0.897 bits per heavy atom. The largest absolute Gasteiger partial charge is 0.455 e. The number of nitrogens with zero attached hydrogens (tertiary/aromatic N) is 1. The van der Waals surface area contributed by atoms with Crippen LogP contribution in [-0.4, -0.2) is 31.7 Å². The Morgan fingerprint density at radius 2 is 1.48 bits per heavy atom. The molecular weight excluding hydrogens is 388 g/mol. The lowest BCUT2D eigenvalue weighted by atomic mass is 10.3. The molecule has 0 atom stereocenters. The highest BCUT2D eigenvalue weighted by Crippen LogP contribution is 2.29. The molecule has 150 valence electrons. The van der Waals surface area contributed by atoms with Crippen LogP contribution in [0.3, 0.4) is 0 Å². The fourth-order valence-electron chi connectivity index (χ4n) is 2.73. The van der Waals surface area contributed by atoms with E-state index in [1.54, 1.807) is 49.4 Å². The van der Waals surface area contributed by atoms with Crippen LogP contribution < -0.4 is 10.1 Å². The number of sulfonamides is 1. The maximum absolute atomic E-state index is 12.8. The summed E-state index contributed by atoms with van der Waals surface area (Å²) in [4.78, 5) is 12.7. The third-order valence-corrected chi connectivity index (χ3v) is 6.12. The lowest BCUT2D eigenvalue weighted by Crippen LogP contribution is -2.37. The number of benzene rings is 3. The van der Waals surface area contributed by atoms with Crippen LogP contribution in [0.4, 0.5) is 5.69 Å². The van der Waals surface area contributed by atoms with Gasteiger partial charge < -0.3 is 10.1 Å². The average Bonchev–Trinajstić information content (AvgIpc) is 2.74. The van der Waals surface area contributed by atoms with Gasteiger partial charge in [-0.1, -0.05) is 55.5 Å². The molecule has 29 heavy (non-hydrogen) atoms. The summed E-state index contributed by atoms with van der Waals surface area (Å²) in [5.41, 5.74) is 0.467. The van der Waals surface area contributed by atoms with Crippen molar-refractivity contribution < 1.29 is 17.9 Å². The van der Waals surface area contributed by atoms with Gasteiger partial charge in [-0.25, -0.2) is 8.42 Å². The van der Waals surface area contributed by atoms with Crippen LogP contribution in [0.15, 0.2) is 89.8 Å². The predicted molar refractivity (Wildman–Crippen MR) is 112 cm³/mol. The summed E-state index contributed by atoms with van der Waals surface area (Å²) in [6.07, 6.45) is 0. The minimum Gasteiger partial charge on any atom is -0.455 e. The summed E-state index contributed by atoms with van der Waals surface area (Å²) in [7, 11) is -3.76. The van der Waals surface area contributed by atoms with Gasteiger partial charge in [-0.3, -0.25) is 4.79 Å². The number of likely N-dealkylation sites (N-methyl/N-ethyl adjacent to an activating group) is 1. The molecular formula is C22H22N2O4S. The molecule has 0 aliphatic rings. The molecule has 0 aliphatic heterocycles. The molecule has 1 amide bonds. The zero-order chi connectivity index (χ0) is 20.7. The maximum Gasteiger partial charge on any atom is 0.243 e. The molecule has 3 rings (SSSR count). The van der Waals surface area contributed by atoms with E-state index in [1.807, 2.05) is 30.3 Å². The van der Waals surface area contributed by atoms with Crippen LogP contribution in [0.1, 0.15) is 6.92 Å². The van der Waals surface area contributed by atoms with Crippen LogP contribution in [-0.2, 0) is 14.8 Å². The normalized spacial score (nSPS) is 11.2. The molecule has 1 N–H and O–H groups in total. The Bertz CT molecular complexity index is 1050. The van der Waals surface area contributed by atoms with Crippen molar-refractivity contribution in [1.29, 1.82) is 0 Å². The van der Waals surface area contributed by atoms with Crippen LogP contribution in [0.25, 0.3) is 0 Å². The first-order valence-corrected chi connectivity index (χ1v) is 10.6. The van der Waals surface area contributed by atoms with E-state index in [2.05, 4.69) is 5.32 Å². The molecule has 3 aromatic rings. The molecule has 6 nitrogen and oxygen atoms in total. The Labute approximate surface area is 170 Å². The van der Waals surface area contributed by atoms with Gasteiger partial charge in [-0.2, -0.15) is 4.31 Å². The van der Waals surface area contributed by atoms with Crippen molar-refractivity contribution in [1.82, 2.24) is 4.31 Å². The number of carbonyl (C=O) groups is 1. The van der Waals surface area contributed by atoms with Crippen molar-refractivity contribution >= 4 is 21.6 Å². The third kappa shape index (κ3) is 5.22. The minimum absolute atomic E-state index is 0.155. The first-order chi connectivity index (χ1) is 14.0. The number of hydrogen-bond acceptors (Lipinski definition) is 4. The zero-order valence-electron chi connectivity index (χ0n) is 16.0. The molecule has 3 aromatic carbocycles. The minimum atomic E-state index is -3.76. The summed E-state index contributed by atoms with van der Waals surface area (Å²) in [6.45, 7) is 1.57. The van der Waals surface area contributed by atoms with Crippen molar-refractivity contribution in [2.75, 3.05) is 18.4 Å². The number of anilines is 1. The summed E-state index contributed by atoms with van der Waals surface area (Å²) in [5, 5.41) is 2.75. The molecule has 0 radical (unpaired) electrons. The van der Waals surface area contributed by atoms with Gasteiger partial charge in [-0.05, 0) is 36.4 Å². The lowest BCUT2D eigenvalue weighted by molar-refractivity contribution is -0.116. The highest BCUT2D eigenvalue weighted by atomic mass is 32.2. The first kappa shape index (κ1) is 20.6. The molecule has 0 saturated heterocycles. The molecule has 0 fully saturated rings. The number of hydrogen-bond donors (Lipinski definition) is 1. The Hall–Kier alpha value is -3.16. The van der Waals surface area contributed by atoms with Gasteiger partial charge in [0.25, 0.3) is 0 Å². The molecule has 0 unspecified atom stereocenters. The maximum atomic E-state index is 12.8. The van der Waals surface area contributed by atoms with Crippen molar-refractivity contribution in [2.45, 2.75) is 11.8 Å². The summed E-state index contributed by atoms with van der Waals surface area (Å²) in [6, 6.07) is 24.3. The Kier molecular flexibility index (Phi) is 6.64. The molecule has 0 spiro atoms.